The number of rotatable bonds is 4. The molecule has 0 radical (unpaired) electrons. The summed E-state index contributed by atoms with van der Waals surface area (Å²) in [6, 6.07) is 8.37. The highest BCUT2D eigenvalue weighted by atomic mass is 79.9. The van der Waals surface area contributed by atoms with Gasteiger partial charge in [-0.15, -0.1) is 0 Å². The second-order valence-corrected chi connectivity index (χ2v) is 7.55. The maximum Gasteiger partial charge on any atom is 0.148 e. The van der Waals surface area contributed by atoms with Crippen LogP contribution in [0.2, 0.25) is 0 Å². The first-order valence-corrected chi connectivity index (χ1v) is 8.68. The molecule has 2 bridgehead atoms. The van der Waals surface area contributed by atoms with Crippen LogP contribution in [0.25, 0.3) is 11.0 Å². The number of fused-ring (bicyclic) bond motifs is 3. The van der Waals surface area contributed by atoms with Gasteiger partial charge in [0.15, 0.2) is 0 Å². The van der Waals surface area contributed by atoms with Crippen LogP contribution in [0.5, 0.6) is 0 Å². The third kappa shape index (κ3) is 2.43. The Morgan fingerprint density at radius 2 is 2.24 bits per heavy atom. The number of para-hydroxylation sites is 1. The van der Waals surface area contributed by atoms with Crippen molar-refractivity contribution in [3.8, 4) is 0 Å². The van der Waals surface area contributed by atoms with Crippen molar-refractivity contribution in [1.29, 1.82) is 0 Å². The number of furan rings is 1. The lowest BCUT2D eigenvalue weighted by Gasteiger charge is -2.25. The zero-order valence-electron chi connectivity index (χ0n) is 12.0. The third-order valence-electron chi connectivity index (χ3n) is 5.48. The minimum atomic E-state index is 0.119. The van der Waals surface area contributed by atoms with Crippen LogP contribution in [0.1, 0.15) is 43.9 Å². The first kappa shape index (κ1) is 13.8. The van der Waals surface area contributed by atoms with Gasteiger partial charge in [-0.25, -0.2) is 5.43 Å². The van der Waals surface area contributed by atoms with E-state index in [0.29, 0.717) is 0 Å². The van der Waals surface area contributed by atoms with Crippen molar-refractivity contribution >= 4 is 26.9 Å². The van der Waals surface area contributed by atoms with Gasteiger partial charge in [0.2, 0.25) is 0 Å². The molecule has 0 aliphatic heterocycles. The van der Waals surface area contributed by atoms with Gasteiger partial charge in [0, 0.05) is 5.39 Å². The number of nitrogens with two attached hydrogens (primary N) is 1. The van der Waals surface area contributed by atoms with E-state index in [0.717, 1.165) is 45.4 Å². The van der Waals surface area contributed by atoms with Crippen molar-refractivity contribution in [2.45, 2.75) is 38.1 Å². The molecule has 0 saturated heterocycles. The number of benzene rings is 1. The molecule has 2 saturated carbocycles. The molecule has 0 spiro atoms. The van der Waals surface area contributed by atoms with E-state index in [1.54, 1.807) is 0 Å². The van der Waals surface area contributed by atoms with Gasteiger partial charge in [-0.05, 0) is 71.5 Å². The van der Waals surface area contributed by atoms with Gasteiger partial charge in [-0.2, -0.15) is 0 Å². The molecular formula is C17H21BrN2O. The Labute approximate surface area is 133 Å². The maximum absolute atomic E-state index is 6.05. The second kappa shape index (κ2) is 5.41. The van der Waals surface area contributed by atoms with E-state index in [1.165, 1.54) is 25.7 Å². The fourth-order valence-corrected chi connectivity index (χ4v) is 4.92. The first-order valence-electron chi connectivity index (χ1n) is 7.88. The summed E-state index contributed by atoms with van der Waals surface area (Å²) in [5.74, 6) is 9.48. The molecule has 4 heteroatoms. The van der Waals surface area contributed by atoms with Crippen molar-refractivity contribution in [2.75, 3.05) is 0 Å². The SMILES string of the molecule is NNC(CC1CC2CCC1C2)c1cc2cccc(Br)c2o1. The van der Waals surface area contributed by atoms with Gasteiger partial charge < -0.3 is 4.42 Å². The molecule has 4 rings (SSSR count). The average Bonchev–Trinajstić information content (AvgIpc) is 3.19. The van der Waals surface area contributed by atoms with Crippen LogP contribution in [-0.4, -0.2) is 0 Å². The van der Waals surface area contributed by atoms with Crippen molar-refractivity contribution in [2.24, 2.45) is 23.6 Å². The molecule has 2 aliphatic rings. The summed E-state index contributed by atoms with van der Waals surface area (Å²) in [7, 11) is 0. The highest BCUT2D eigenvalue weighted by Crippen LogP contribution is 2.51. The van der Waals surface area contributed by atoms with Gasteiger partial charge in [-0.1, -0.05) is 18.6 Å². The molecule has 2 fully saturated rings. The van der Waals surface area contributed by atoms with Crippen molar-refractivity contribution in [1.82, 2.24) is 5.43 Å². The number of hydrazine groups is 1. The molecule has 4 unspecified atom stereocenters. The number of nitrogens with one attached hydrogen (secondary N) is 1. The predicted octanol–water partition coefficient (Wildman–Crippen LogP) is 4.53. The van der Waals surface area contributed by atoms with Crippen LogP contribution in [0.15, 0.2) is 33.2 Å². The summed E-state index contributed by atoms with van der Waals surface area (Å²) in [6.45, 7) is 0. The Kier molecular flexibility index (Phi) is 3.56. The van der Waals surface area contributed by atoms with E-state index >= 15 is 0 Å². The molecule has 3 nitrogen and oxygen atoms in total. The standard InChI is InChI=1S/C17H21BrN2O/c18-14-3-1-2-12-9-16(21-17(12)14)15(20-19)8-13-7-10-4-5-11(13)6-10/h1-3,9-11,13,15,20H,4-8,19H2. The number of halogens is 1. The predicted molar refractivity (Wildman–Crippen MR) is 87.5 cm³/mol. The average molecular weight is 349 g/mol. The molecule has 0 amide bonds. The summed E-state index contributed by atoms with van der Waals surface area (Å²) < 4.78 is 7.05. The fourth-order valence-electron chi connectivity index (χ4n) is 4.45. The highest BCUT2D eigenvalue weighted by Gasteiger charge is 2.40. The van der Waals surface area contributed by atoms with E-state index in [4.69, 9.17) is 10.3 Å². The second-order valence-electron chi connectivity index (χ2n) is 6.70. The first-order chi connectivity index (χ1) is 10.2. The smallest absolute Gasteiger partial charge is 0.148 e. The minimum Gasteiger partial charge on any atom is -0.458 e. The highest BCUT2D eigenvalue weighted by molar-refractivity contribution is 9.10. The fraction of sp³-hybridized carbons (Fsp3) is 0.529. The molecule has 1 heterocycles. The zero-order chi connectivity index (χ0) is 14.4. The summed E-state index contributed by atoms with van der Waals surface area (Å²) >= 11 is 3.55. The maximum atomic E-state index is 6.05. The van der Waals surface area contributed by atoms with Crippen molar-refractivity contribution in [3.63, 3.8) is 0 Å². The van der Waals surface area contributed by atoms with Gasteiger partial charge >= 0.3 is 0 Å². The largest absolute Gasteiger partial charge is 0.458 e. The molecule has 2 aliphatic carbocycles. The molecule has 4 atom stereocenters. The Morgan fingerprint density at radius 1 is 1.33 bits per heavy atom. The van der Waals surface area contributed by atoms with Crippen molar-refractivity contribution < 1.29 is 4.42 Å². The Bertz CT molecular complexity index is 653. The van der Waals surface area contributed by atoms with E-state index in [9.17, 15) is 0 Å². The normalized spacial score (nSPS) is 29.3. The molecule has 2 aromatic rings. The van der Waals surface area contributed by atoms with Crippen LogP contribution < -0.4 is 11.3 Å². The summed E-state index contributed by atoms with van der Waals surface area (Å²) in [5.41, 5.74) is 3.89. The molecule has 21 heavy (non-hydrogen) atoms. The van der Waals surface area contributed by atoms with Gasteiger partial charge in [0.25, 0.3) is 0 Å². The monoisotopic (exact) mass is 348 g/mol. The van der Waals surface area contributed by atoms with Crippen LogP contribution in [0, 0.1) is 17.8 Å². The zero-order valence-corrected chi connectivity index (χ0v) is 13.6. The number of hydrogen-bond donors (Lipinski definition) is 2. The van der Waals surface area contributed by atoms with Crippen LogP contribution in [-0.2, 0) is 0 Å². The number of hydrogen-bond acceptors (Lipinski definition) is 3. The van der Waals surface area contributed by atoms with Crippen LogP contribution in [0.4, 0.5) is 0 Å². The molecular weight excluding hydrogens is 328 g/mol. The van der Waals surface area contributed by atoms with Gasteiger partial charge in [0.1, 0.15) is 11.3 Å². The lowest BCUT2D eigenvalue weighted by molar-refractivity contribution is 0.266. The lowest BCUT2D eigenvalue weighted by Crippen LogP contribution is -2.30. The summed E-state index contributed by atoms with van der Waals surface area (Å²) in [6.07, 6.45) is 6.77. The lowest BCUT2D eigenvalue weighted by atomic mass is 9.84. The molecule has 3 N–H and O–H groups in total. The van der Waals surface area contributed by atoms with Crippen molar-refractivity contribution in [3.05, 3.63) is 34.5 Å². The topological polar surface area (TPSA) is 51.2 Å². The van der Waals surface area contributed by atoms with E-state index in [-0.39, 0.29) is 6.04 Å². The Morgan fingerprint density at radius 3 is 2.90 bits per heavy atom. The Balaban J connectivity index is 1.58. The Hall–Kier alpha value is -0.840. The molecule has 1 aromatic carbocycles. The summed E-state index contributed by atoms with van der Waals surface area (Å²) in [5, 5.41) is 1.13. The summed E-state index contributed by atoms with van der Waals surface area (Å²) in [4.78, 5) is 0. The quantitative estimate of drug-likeness (QED) is 0.630. The van der Waals surface area contributed by atoms with Crippen LogP contribution >= 0.6 is 15.9 Å². The van der Waals surface area contributed by atoms with E-state index in [2.05, 4.69) is 33.5 Å². The van der Waals surface area contributed by atoms with E-state index < -0.39 is 0 Å². The van der Waals surface area contributed by atoms with Crippen LogP contribution in [0.3, 0.4) is 0 Å². The van der Waals surface area contributed by atoms with Gasteiger partial charge in [0.05, 0.1) is 10.5 Å². The van der Waals surface area contributed by atoms with Gasteiger partial charge in [-0.3, -0.25) is 5.84 Å². The minimum absolute atomic E-state index is 0.119. The molecule has 112 valence electrons. The van der Waals surface area contributed by atoms with E-state index in [1.807, 2.05) is 12.1 Å². The third-order valence-corrected chi connectivity index (χ3v) is 6.11. The molecule has 1 aromatic heterocycles.